The number of carbonyl (C=O) groups is 2. The van der Waals surface area contributed by atoms with Gasteiger partial charge in [-0.05, 0) is 32.1 Å². The monoisotopic (exact) mass is 257 g/mol. The molecule has 0 spiro atoms. The van der Waals surface area contributed by atoms with Crippen molar-refractivity contribution in [3.63, 3.8) is 0 Å². The highest BCUT2D eigenvalue weighted by atomic mass is 16.4. The van der Waals surface area contributed by atoms with Gasteiger partial charge in [-0.15, -0.1) is 0 Å². The summed E-state index contributed by atoms with van der Waals surface area (Å²) in [6.45, 7) is 7.89. The standard InChI is InChI=1S/C14H27NO3/c1-10(2)8-9-13(16)15-12(4)7-5-6-11(3)14(17)18/h10-12H,5-9H2,1-4H3,(H,15,16)(H,17,18). The molecule has 2 N–H and O–H groups in total. The molecule has 18 heavy (non-hydrogen) atoms. The molecule has 1 amide bonds. The van der Waals surface area contributed by atoms with Gasteiger partial charge in [0.1, 0.15) is 0 Å². The maximum Gasteiger partial charge on any atom is 0.306 e. The zero-order chi connectivity index (χ0) is 14.1. The van der Waals surface area contributed by atoms with Crippen LogP contribution in [0.5, 0.6) is 0 Å². The average Bonchev–Trinajstić information content (AvgIpc) is 2.25. The van der Waals surface area contributed by atoms with Gasteiger partial charge in [-0.2, -0.15) is 0 Å². The van der Waals surface area contributed by atoms with E-state index in [0.717, 1.165) is 19.3 Å². The number of hydrogen-bond acceptors (Lipinski definition) is 2. The van der Waals surface area contributed by atoms with Gasteiger partial charge in [0.25, 0.3) is 0 Å². The topological polar surface area (TPSA) is 66.4 Å². The molecule has 0 aliphatic carbocycles. The first-order valence-electron chi connectivity index (χ1n) is 6.85. The second-order valence-electron chi connectivity index (χ2n) is 5.57. The molecule has 0 aliphatic heterocycles. The van der Waals surface area contributed by atoms with Crippen LogP contribution in [0.4, 0.5) is 0 Å². The smallest absolute Gasteiger partial charge is 0.306 e. The van der Waals surface area contributed by atoms with Crippen LogP contribution in [0.1, 0.15) is 59.8 Å². The van der Waals surface area contributed by atoms with E-state index in [0.29, 0.717) is 18.8 Å². The van der Waals surface area contributed by atoms with Crippen molar-refractivity contribution in [1.82, 2.24) is 5.32 Å². The maximum atomic E-state index is 11.6. The van der Waals surface area contributed by atoms with Crippen LogP contribution in [0.25, 0.3) is 0 Å². The highest BCUT2D eigenvalue weighted by Gasteiger charge is 2.12. The minimum absolute atomic E-state index is 0.0995. The van der Waals surface area contributed by atoms with Crippen molar-refractivity contribution >= 4 is 11.9 Å². The van der Waals surface area contributed by atoms with Crippen LogP contribution in [0.15, 0.2) is 0 Å². The molecule has 0 radical (unpaired) electrons. The second kappa shape index (κ2) is 8.95. The Morgan fingerprint density at radius 3 is 2.17 bits per heavy atom. The highest BCUT2D eigenvalue weighted by Crippen LogP contribution is 2.10. The maximum absolute atomic E-state index is 11.6. The molecule has 4 heteroatoms. The summed E-state index contributed by atoms with van der Waals surface area (Å²) in [7, 11) is 0. The third-order valence-corrected chi connectivity index (χ3v) is 3.05. The molecule has 106 valence electrons. The minimum atomic E-state index is -0.747. The molecule has 2 atom stereocenters. The van der Waals surface area contributed by atoms with Crippen LogP contribution in [-0.4, -0.2) is 23.0 Å². The van der Waals surface area contributed by atoms with Gasteiger partial charge in [-0.3, -0.25) is 9.59 Å². The van der Waals surface area contributed by atoms with Crippen LogP contribution in [-0.2, 0) is 9.59 Å². The molecule has 0 saturated heterocycles. The van der Waals surface area contributed by atoms with E-state index in [9.17, 15) is 9.59 Å². The van der Waals surface area contributed by atoms with Crippen molar-refractivity contribution in [3.8, 4) is 0 Å². The molecule has 0 heterocycles. The number of hydrogen-bond donors (Lipinski definition) is 2. The van der Waals surface area contributed by atoms with E-state index < -0.39 is 5.97 Å². The first-order chi connectivity index (χ1) is 8.32. The van der Waals surface area contributed by atoms with Gasteiger partial charge >= 0.3 is 5.97 Å². The summed E-state index contributed by atoms with van der Waals surface area (Å²) in [6.07, 6.45) is 3.83. The Morgan fingerprint density at radius 2 is 1.67 bits per heavy atom. The van der Waals surface area contributed by atoms with Crippen molar-refractivity contribution in [2.75, 3.05) is 0 Å². The van der Waals surface area contributed by atoms with E-state index in [1.165, 1.54) is 0 Å². The number of aliphatic carboxylic acids is 1. The molecule has 0 aliphatic rings. The molecule has 0 saturated carbocycles. The van der Waals surface area contributed by atoms with Gasteiger partial charge in [0, 0.05) is 12.5 Å². The number of carboxylic acids is 1. The number of nitrogens with one attached hydrogen (secondary N) is 1. The Balaban J connectivity index is 3.67. The molecule has 0 aromatic rings. The van der Waals surface area contributed by atoms with Gasteiger partial charge in [0.05, 0.1) is 5.92 Å². The quantitative estimate of drug-likeness (QED) is 0.667. The van der Waals surface area contributed by atoms with Crippen LogP contribution >= 0.6 is 0 Å². The van der Waals surface area contributed by atoms with Crippen molar-refractivity contribution < 1.29 is 14.7 Å². The van der Waals surface area contributed by atoms with Crippen molar-refractivity contribution in [3.05, 3.63) is 0 Å². The largest absolute Gasteiger partial charge is 0.481 e. The Hall–Kier alpha value is -1.06. The van der Waals surface area contributed by atoms with Gasteiger partial charge in [0.2, 0.25) is 5.91 Å². The van der Waals surface area contributed by atoms with E-state index in [4.69, 9.17) is 5.11 Å². The van der Waals surface area contributed by atoms with Gasteiger partial charge in [0.15, 0.2) is 0 Å². The fourth-order valence-electron chi connectivity index (χ4n) is 1.69. The summed E-state index contributed by atoms with van der Waals surface area (Å²) in [5.74, 6) is -0.401. The third kappa shape index (κ3) is 9.02. The van der Waals surface area contributed by atoms with Crippen LogP contribution in [0.3, 0.4) is 0 Å². The Bertz CT molecular complexity index is 264. The van der Waals surface area contributed by atoms with Crippen LogP contribution in [0.2, 0.25) is 0 Å². The fraction of sp³-hybridized carbons (Fsp3) is 0.857. The third-order valence-electron chi connectivity index (χ3n) is 3.05. The molecular formula is C14H27NO3. The Morgan fingerprint density at radius 1 is 1.06 bits per heavy atom. The van der Waals surface area contributed by atoms with Crippen molar-refractivity contribution in [2.45, 2.75) is 65.8 Å². The predicted molar refractivity (Wildman–Crippen MR) is 72.3 cm³/mol. The number of rotatable bonds is 9. The average molecular weight is 257 g/mol. The highest BCUT2D eigenvalue weighted by molar-refractivity contribution is 5.76. The summed E-state index contributed by atoms with van der Waals surface area (Å²) >= 11 is 0. The fourth-order valence-corrected chi connectivity index (χ4v) is 1.69. The molecule has 0 bridgehead atoms. The molecule has 0 fully saturated rings. The second-order valence-corrected chi connectivity index (χ2v) is 5.57. The van der Waals surface area contributed by atoms with E-state index in [-0.39, 0.29) is 17.9 Å². The lowest BCUT2D eigenvalue weighted by molar-refractivity contribution is -0.141. The Labute approximate surface area is 110 Å². The molecule has 0 rings (SSSR count). The summed E-state index contributed by atoms with van der Waals surface area (Å²) in [5, 5.41) is 11.7. The predicted octanol–water partition coefficient (Wildman–Crippen LogP) is 2.82. The van der Waals surface area contributed by atoms with Crippen molar-refractivity contribution in [1.29, 1.82) is 0 Å². The first kappa shape index (κ1) is 16.9. The van der Waals surface area contributed by atoms with Crippen molar-refractivity contribution in [2.24, 2.45) is 11.8 Å². The summed E-state index contributed by atoms with van der Waals surface area (Å²) < 4.78 is 0. The molecule has 4 nitrogen and oxygen atoms in total. The summed E-state index contributed by atoms with van der Waals surface area (Å²) in [4.78, 5) is 22.2. The van der Waals surface area contributed by atoms with E-state index >= 15 is 0 Å². The van der Waals surface area contributed by atoms with Gasteiger partial charge in [-0.1, -0.05) is 27.2 Å². The van der Waals surface area contributed by atoms with E-state index in [2.05, 4.69) is 19.2 Å². The molecular weight excluding hydrogens is 230 g/mol. The lowest BCUT2D eigenvalue weighted by atomic mass is 10.0. The number of amides is 1. The first-order valence-corrected chi connectivity index (χ1v) is 6.85. The zero-order valence-corrected chi connectivity index (χ0v) is 12.0. The summed E-state index contributed by atoms with van der Waals surface area (Å²) in [5.41, 5.74) is 0. The van der Waals surface area contributed by atoms with Crippen LogP contribution in [0, 0.1) is 11.8 Å². The SMILES string of the molecule is CC(C)CCC(=O)NC(C)CCCC(C)C(=O)O. The minimum Gasteiger partial charge on any atom is -0.481 e. The normalized spacial score (nSPS) is 14.3. The lowest BCUT2D eigenvalue weighted by Crippen LogP contribution is -2.32. The summed E-state index contributed by atoms with van der Waals surface area (Å²) in [6, 6.07) is 0.130. The lowest BCUT2D eigenvalue weighted by Gasteiger charge is -2.15. The van der Waals surface area contributed by atoms with Gasteiger partial charge in [-0.25, -0.2) is 0 Å². The van der Waals surface area contributed by atoms with Gasteiger partial charge < -0.3 is 10.4 Å². The molecule has 2 unspecified atom stereocenters. The number of carbonyl (C=O) groups excluding carboxylic acids is 1. The zero-order valence-electron chi connectivity index (χ0n) is 12.0. The molecule has 0 aromatic carbocycles. The van der Waals surface area contributed by atoms with Crippen LogP contribution < -0.4 is 5.32 Å². The van der Waals surface area contributed by atoms with E-state index in [1.807, 2.05) is 6.92 Å². The Kier molecular flexibility index (Phi) is 8.42. The number of carboxylic acid groups (broad SMARTS) is 1. The molecule has 0 aromatic heterocycles. The van der Waals surface area contributed by atoms with E-state index in [1.54, 1.807) is 6.92 Å².